The lowest BCUT2D eigenvalue weighted by Gasteiger charge is -2.15. The van der Waals surface area contributed by atoms with Crippen LogP contribution < -0.4 is 5.32 Å². The molecule has 0 radical (unpaired) electrons. The maximum absolute atomic E-state index is 11.9. The first kappa shape index (κ1) is 25.4. The molecule has 6 nitrogen and oxygen atoms in total. The van der Waals surface area contributed by atoms with Gasteiger partial charge in [0, 0.05) is 6.42 Å². The molecule has 6 heteroatoms. The van der Waals surface area contributed by atoms with Crippen molar-refractivity contribution in [2.24, 2.45) is 0 Å². The van der Waals surface area contributed by atoms with E-state index in [0.717, 1.165) is 19.3 Å². The molecule has 0 aromatic heterocycles. The number of nitrogens with one attached hydrogen (secondary N) is 1. The highest BCUT2D eigenvalue weighted by Crippen LogP contribution is 2.12. The average molecular weight is 386 g/mol. The number of carboxylic acid groups (broad SMARTS) is 1. The van der Waals surface area contributed by atoms with Crippen LogP contribution in [0, 0.1) is 0 Å². The standard InChI is InChI=1S/C21H39NO5/c1-3-5-6-7-8-9-10-11-12-13-14-15-16-19(23)22-18(17-20(24)25)21(26)27-4-2/h18H,3-17H2,1-2H3,(H,22,23)(H,24,25). The first-order chi connectivity index (χ1) is 13.0. The van der Waals surface area contributed by atoms with E-state index in [2.05, 4.69) is 12.2 Å². The summed E-state index contributed by atoms with van der Waals surface area (Å²) in [6.45, 7) is 4.03. The predicted octanol–water partition coefficient (Wildman–Crippen LogP) is 4.60. The van der Waals surface area contributed by atoms with Gasteiger partial charge in [-0.15, -0.1) is 0 Å². The van der Waals surface area contributed by atoms with Crippen LogP contribution in [0.25, 0.3) is 0 Å². The number of hydrogen-bond donors (Lipinski definition) is 2. The van der Waals surface area contributed by atoms with Crippen molar-refractivity contribution in [3.63, 3.8) is 0 Å². The molecule has 2 N–H and O–H groups in total. The molecule has 0 saturated carbocycles. The Kier molecular flexibility index (Phi) is 16.8. The van der Waals surface area contributed by atoms with Crippen molar-refractivity contribution in [3.05, 3.63) is 0 Å². The number of carbonyl (C=O) groups is 3. The van der Waals surface area contributed by atoms with E-state index in [1.54, 1.807) is 6.92 Å². The van der Waals surface area contributed by atoms with Crippen LogP contribution in [-0.4, -0.2) is 35.6 Å². The molecule has 0 fully saturated rings. The molecule has 0 bridgehead atoms. The van der Waals surface area contributed by atoms with E-state index < -0.39 is 24.4 Å². The predicted molar refractivity (Wildman–Crippen MR) is 107 cm³/mol. The molecule has 0 aromatic carbocycles. The molecular weight excluding hydrogens is 346 g/mol. The molecule has 158 valence electrons. The van der Waals surface area contributed by atoms with Crippen molar-refractivity contribution >= 4 is 17.8 Å². The first-order valence-corrected chi connectivity index (χ1v) is 10.7. The van der Waals surface area contributed by atoms with E-state index >= 15 is 0 Å². The molecule has 0 spiro atoms. The van der Waals surface area contributed by atoms with Crippen molar-refractivity contribution in [1.29, 1.82) is 0 Å². The third-order valence-corrected chi connectivity index (χ3v) is 4.54. The monoisotopic (exact) mass is 385 g/mol. The first-order valence-electron chi connectivity index (χ1n) is 10.7. The van der Waals surface area contributed by atoms with Gasteiger partial charge in [-0.05, 0) is 13.3 Å². The highest BCUT2D eigenvalue weighted by atomic mass is 16.5. The van der Waals surface area contributed by atoms with E-state index in [9.17, 15) is 14.4 Å². The Morgan fingerprint density at radius 1 is 0.815 bits per heavy atom. The summed E-state index contributed by atoms with van der Waals surface area (Å²) < 4.78 is 4.81. The van der Waals surface area contributed by atoms with Crippen LogP contribution in [-0.2, 0) is 19.1 Å². The Morgan fingerprint density at radius 2 is 1.30 bits per heavy atom. The van der Waals surface area contributed by atoms with Gasteiger partial charge in [-0.25, -0.2) is 4.79 Å². The van der Waals surface area contributed by atoms with Crippen LogP contribution in [0.5, 0.6) is 0 Å². The van der Waals surface area contributed by atoms with E-state index in [0.29, 0.717) is 6.42 Å². The molecule has 0 heterocycles. The normalized spacial score (nSPS) is 11.8. The molecule has 0 aliphatic carbocycles. The summed E-state index contributed by atoms with van der Waals surface area (Å²) in [7, 11) is 0. The summed E-state index contributed by atoms with van der Waals surface area (Å²) in [5.74, 6) is -2.12. The highest BCUT2D eigenvalue weighted by molar-refractivity contribution is 5.87. The largest absolute Gasteiger partial charge is 0.481 e. The van der Waals surface area contributed by atoms with Crippen LogP contribution in [0.4, 0.5) is 0 Å². The van der Waals surface area contributed by atoms with Crippen LogP contribution in [0.1, 0.15) is 104 Å². The minimum absolute atomic E-state index is 0.156. The molecule has 1 amide bonds. The van der Waals surface area contributed by atoms with Gasteiger partial charge in [0.15, 0.2) is 0 Å². The third kappa shape index (κ3) is 16.3. The molecule has 0 saturated heterocycles. The number of hydrogen-bond acceptors (Lipinski definition) is 4. The minimum atomic E-state index is -1.14. The van der Waals surface area contributed by atoms with Gasteiger partial charge in [0.1, 0.15) is 6.04 Å². The summed E-state index contributed by atoms with van der Waals surface area (Å²) in [5.41, 5.74) is 0. The zero-order chi connectivity index (χ0) is 20.3. The Hall–Kier alpha value is -1.59. The molecule has 1 atom stereocenters. The summed E-state index contributed by atoms with van der Waals surface area (Å²) in [6, 6.07) is -1.10. The lowest BCUT2D eigenvalue weighted by Crippen LogP contribution is -2.43. The SMILES string of the molecule is CCCCCCCCCCCCCCC(=O)NC(CC(=O)O)C(=O)OCC. The number of aliphatic carboxylic acids is 1. The van der Waals surface area contributed by atoms with Crippen LogP contribution in [0.2, 0.25) is 0 Å². The fourth-order valence-corrected chi connectivity index (χ4v) is 3.00. The number of esters is 1. The summed E-state index contributed by atoms with van der Waals surface area (Å²) in [4.78, 5) is 34.4. The van der Waals surface area contributed by atoms with Crippen molar-refractivity contribution in [2.45, 2.75) is 110 Å². The number of amides is 1. The quantitative estimate of drug-likeness (QED) is 0.266. The number of rotatable bonds is 18. The zero-order valence-corrected chi connectivity index (χ0v) is 17.3. The van der Waals surface area contributed by atoms with Crippen LogP contribution in [0.3, 0.4) is 0 Å². The average Bonchev–Trinajstić information content (AvgIpc) is 2.62. The van der Waals surface area contributed by atoms with Crippen LogP contribution >= 0.6 is 0 Å². The smallest absolute Gasteiger partial charge is 0.329 e. The van der Waals surface area contributed by atoms with Crippen molar-refractivity contribution in [2.75, 3.05) is 6.61 Å². The third-order valence-electron chi connectivity index (χ3n) is 4.54. The Morgan fingerprint density at radius 3 is 1.74 bits per heavy atom. The van der Waals surface area contributed by atoms with Crippen molar-refractivity contribution in [3.8, 4) is 0 Å². The molecule has 27 heavy (non-hydrogen) atoms. The Labute approximate surface area is 164 Å². The molecule has 0 aliphatic rings. The Bertz CT molecular complexity index is 411. The van der Waals surface area contributed by atoms with Gasteiger partial charge in [-0.2, -0.15) is 0 Å². The number of carbonyl (C=O) groups excluding carboxylic acids is 2. The van der Waals surface area contributed by atoms with Gasteiger partial charge in [0.25, 0.3) is 0 Å². The summed E-state index contributed by atoms with van der Waals surface area (Å²) >= 11 is 0. The fraction of sp³-hybridized carbons (Fsp3) is 0.857. The second-order valence-electron chi connectivity index (χ2n) is 7.11. The van der Waals surface area contributed by atoms with E-state index in [1.807, 2.05) is 0 Å². The van der Waals surface area contributed by atoms with E-state index in [1.165, 1.54) is 57.8 Å². The summed E-state index contributed by atoms with van der Waals surface area (Å²) in [5, 5.41) is 11.3. The van der Waals surface area contributed by atoms with Crippen molar-refractivity contribution in [1.82, 2.24) is 5.32 Å². The van der Waals surface area contributed by atoms with Crippen molar-refractivity contribution < 1.29 is 24.2 Å². The van der Waals surface area contributed by atoms with Gasteiger partial charge in [-0.3, -0.25) is 9.59 Å². The molecular formula is C21H39NO5. The Balaban J connectivity index is 3.68. The topological polar surface area (TPSA) is 92.7 Å². The summed E-state index contributed by atoms with van der Waals surface area (Å²) in [6.07, 6.45) is 14.5. The van der Waals surface area contributed by atoms with Gasteiger partial charge in [0.05, 0.1) is 13.0 Å². The number of unbranched alkanes of at least 4 members (excludes halogenated alkanes) is 11. The van der Waals surface area contributed by atoms with Gasteiger partial charge in [0.2, 0.25) is 5.91 Å². The minimum Gasteiger partial charge on any atom is -0.481 e. The number of carboxylic acids is 1. The van der Waals surface area contributed by atoms with E-state index in [-0.39, 0.29) is 12.5 Å². The molecule has 0 rings (SSSR count). The molecule has 0 aliphatic heterocycles. The second-order valence-corrected chi connectivity index (χ2v) is 7.11. The lowest BCUT2D eigenvalue weighted by atomic mass is 10.0. The van der Waals surface area contributed by atoms with Crippen LogP contribution in [0.15, 0.2) is 0 Å². The molecule has 0 aromatic rings. The van der Waals surface area contributed by atoms with Gasteiger partial charge in [-0.1, -0.05) is 77.6 Å². The highest BCUT2D eigenvalue weighted by Gasteiger charge is 2.24. The maximum Gasteiger partial charge on any atom is 0.329 e. The number of ether oxygens (including phenoxy) is 1. The molecule has 1 unspecified atom stereocenters. The van der Waals surface area contributed by atoms with Gasteiger partial charge >= 0.3 is 11.9 Å². The zero-order valence-electron chi connectivity index (χ0n) is 17.3. The maximum atomic E-state index is 11.9. The lowest BCUT2D eigenvalue weighted by molar-refractivity contribution is -0.151. The van der Waals surface area contributed by atoms with E-state index in [4.69, 9.17) is 9.84 Å². The van der Waals surface area contributed by atoms with Gasteiger partial charge < -0.3 is 15.2 Å². The second kappa shape index (κ2) is 17.8. The fourth-order valence-electron chi connectivity index (χ4n) is 3.00.